The first kappa shape index (κ1) is 13.8. The summed E-state index contributed by atoms with van der Waals surface area (Å²) < 4.78 is 25.7. The van der Waals surface area contributed by atoms with Gasteiger partial charge in [0.1, 0.15) is 12.2 Å². The van der Waals surface area contributed by atoms with E-state index in [0.29, 0.717) is 6.61 Å². The molecule has 2 unspecified atom stereocenters. The van der Waals surface area contributed by atoms with Crippen LogP contribution < -0.4 is 0 Å². The summed E-state index contributed by atoms with van der Waals surface area (Å²) in [6.45, 7) is 0.429. The molecule has 0 spiro atoms. The number of hydrogen-bond donors (Lipinski definition) is 0. The predicted molar refractivity (Wildman–Crippen MR) is 51.3 cm³/mol. The van der Waals surface area contributed by atoms with Crippen molar-refractivity contribution in [2.75, 3.05) is 42.2 Å². The lowest BCUT2D eigenvalue weighted by atomic mass is 10.2. The van der Waals surface area contributed by atoms with Crippen LogP contribution in [-0.2, 0) is 23.7 Å². The summed E-state index contributed by atoms with van der Waals surface area (Å²) in [5.74, 6) is 0. The SMILES string of the molecule is COCC(OC)C(OC)C(OC)OC. The fourth-order valence-electron chi connectivity index (χ4n) is 1.26. The second-order valence-electron chi connectivity index (χ2n) is 2.77. The molecule has 2 atom stereocenters. The lowest BCUT2D eigenvalue weighted by molar-refractivity contribution is -0.209. The largest absolute Gasteiger partial charge is 0.382 e. The molecular formula is C9H20O5. The molecule has 0 aromatic heterocycles. The summed E-state index contributed by atoms with van der Waals surface area (Å²) in [6, 6.07) is 0. The molecule has 0 aromatic rings. The molecule has 86 valence electrons. The minimum absolute atomic E-state index is 0.213. The zero-order valence-electron chi connectivity index (χ0n) is 9.48. The molecule has 0 fully saturated rings. The molecular weight excluding hydrogens is 188 g/mol. The third-order valence-corrected chi connectivity index (χ3v) is 2.01. The van der Waals surface area contributed by atoms with Gasteiger partial charge in [0.15, 0.2) is 6.29 Å². The van der Waals surface area contributed by atoms with Gasteiger partial charge in [0.05, 0.1) is 6.61 Å². The second-order valence-corrected chi connectivity index (χ2v) is 2.77. The van der Waals surface area contributed by atoms with Crippen LogP contribution in [0.2, 0.25) is 0 Å². The van der Waals surface area contributed by atoms with E-state index >= 15 is 0 Å². The Morgan fingerprint density at radius 2 is 1.36 bits per heavy atom. The molecule has 0 radical (unpaired) electrons. The van der Waals surface area contributed by atoms with Gasteiger partial charge in [-0.3, -0.25) is 0 Å². The van der Waals surface area contributed by atoms with Crippen LogP contribution in [0.25, 0.3) is 0 Å². The first-order valence-electron chi connectivity index (χ1n) is 4.35. The minimum Gasteiger partial charge on any atom is -0.382 e. The van der Waals surface area contributed by atoms with Crippen molar-refractivity contribution in [2.45, 2.75) is 18.5 Å². The standard InChI is InChI=1S/C9H20O5/c1-10-6-7(11-2)8(12-3)9(13-4)14-5/h7-9H,6H2,1-5H3. The molecule has 0 saturated heterocycles. The quantitative estimate of drug-likeness (QED) is 0.536. The van der Waals surface area contributed by atoms with Gasteiger partial charge in [0, 0.05) is 35.5 Å². The van der Waals surface area contributed by atoms with Gasteiger partial charge in [-0.25, -0.2) is 0 Å². The summed E-state index contributed by atoms with van der Waals surface area (Å²) in [4.78, 5) is 0. The Labute approximate surface area is 85.2 Å². The predicted octanol–water partition coefficient (Wildman–Crippen LogP) is 0.282. The van der Waals surface area contributed by atoms with Crippen LogP contribution >= 0.6 is 0 Å². The van der Waals surface area contributed by atoms with Gasteiger partial charge in [0.2, 0.25) is 0 Å². The van der Waals surface area contributed by atoms with E-state index in [4.69, 9.17) is 23.7 Å². The number of ether oxygens (including phenoxy) is 5. The fourth-order valence-corrected chi connectivity index (χ4v) is 1.26. The van der Waals surface area contributed by atoms with Crippen LogP contribution in [0.5, 0.6) is 0 Å². The molecule has 0 aliphatic rings. The van der Waals surface area contributed by atoms with E-state index in [1.807, 2.05) is 0 Å². The highest BCUT2D eigenvalue weighted by Gasteiger charge is 2.29. The number of methoxy groups -OCH3 is 5. The summed E-state index contributed by atoms with van der Waals surface area (Å²) in [7, 11) is 7.89. The molecule has 0 aliphatic heterocycles. The number of hydrogen-bond acceptors (Lipinski definition) is 5. The Bertz CT molecular complexity index is 126. The summed E-state index contributed by atoms with van der Waals surface area (Å²) in [6.07, 6.45) is -0.982. The zero-order chi connectivity index (χ0) is 11.0. The highest BCUT2D eigenvalue weighted by Crippen LogP contribution is 2.11. The van der Waals surface area contributed by atoms with Crippen LogP contribution in [0.1, 0.15) is 0 Å². The highest BCUT2D eigenvalue weighted by molar-refractivity contribution is 4.73. The maximum Gasteiger partial charge on any atom is 0.185 e. The van der Waals surface area contributed by atoms with E-state index in [-0.39, 0.29) is 12.2 Å². The Morgan fingerprint density at radius 3 is 1.64 bits per heavy atom. The van der Waals surface area contributed by atoms with Crippen LogP contribution in [0, 0.1) is 0 Å². The lowest BCUT2D eigenvalue weighted by Gasteiger charge is -2.29. The average Bonchev–Trinajstić information content (AvgIpc) is 2.23. The topological polar surface area (TPSA) is 46.2 Å². The smallest absolute Gasteiger partial charge is 0.185 e. The Balaban J connectivity index is 4.31. The van der Waals surface area contributed by atoms with E-state index in [1.54, 1.807) is 35.5 Å². The Hall–Kier alpha value is -0.200. The van der Waals surface area contributed by atoms with E-state index < -0.39 is 6.29 Å². The molecule has 0 heterocycles. The second kappa shape index (κ2) is 8.14. The molecule has 0 saturated carbocycles. The molecule has 14 heavy (non-hydrogen) atoms. The number of rotatable bonds is 8. The molecule has 0 amide bonds. The van der Waals surface area contributed by atoms with Crippen molar-refractivity contribution in [3.05, 3.63) is 0 Å². The van der Waals surface area contributed by atoms with Gasteiger partial charge < -0.3 is 23.7 Å². The summed E-state index contributed by atoms with van der Waals surface area (Å²) in [5, 5.41) is 0. The first-order valence-corrected chi connectivity index (χ1v) is 4.35. The van der Waals surface area contributed by atoms with Crippen LogP contribution in [0.15, 0.2) is 0 Å². The van der Waals surface area contributed by atoms with Crippen molar-refractivity contribution >= 4 is 0 Å². The Kier molecular flexibility index (Phi) is 8.02. The molecule has 0 rings (SSSR count). The minimum atomic E-state index is -0.458. The van der Waals surface area contributed by atoms with E-state index in [1.165, 1.54) is 0 Å². The molecule has 0 aliphatic carbocycles. The van der Waals surface area contributed by atoms with Gasteiger partial charge in [-0.15, -0.1) is 0 Å². The maximum absolute atomic E-state index is 5.24. The normalized spacial score (nSPS) is 15.9. The average molecular weight is 208 g/mol. The van der Waals surface area contributed by atoms with Crippen molar-refractivity contribution in [1.29, 1.82) is 0 Å². The molecule has 5 heteroatoms. The van der Waals surface area contributed by atoms with Crippen molar-refractivity contribution < 1.29 is 23.7 Å². The zero-order valence-corrected chi connectivity index (χ0v) is 9.48. The van der Waals surface area contributed by atoms with Crippen LogP contribution in [0.3, 0.4) is 0 Å². The molecule has 0 N–H and O–H groups in total. The van der Waals surface area contributed by atoms with Crippen molar-refractivity contribution in [3.8, 4) is 0 Å². The van der Waals surface area contributed by atoms with Gasteiger partial charge in [0.25, 0.3) is 0 Å². The van der Waals surface area contributed by atoms with Gasteiger partial charge >= 0.3 is 0 Å². The lowest BCUT2D eigenvalue weighted by Crippen LogP contribution is -2.44. The van der Waals surface area contributed by atoms with E-state index in [9.17, 15) is 0 Å². The maximum atomic E-state index is 5.24. The first-order chi connectivity index (χ1) is 6.74. The Morgan fingerprint density at radius 1 is 0.786 bits per heavy atom. The third-order valence-electron chi connectivity index (χ3n) is 2.01. The van der Waals surface area contributed by atoms with Crippen molar-refractivity contribution in [1.82, 2.24) is 0 Å². The summed E-state index contributed by atoms with van der Waals surface area (Å²) in [5.41, 5.74) is 0. The van der Waals surface area contributed by atoms with Crippen LogP contribution in [-0.4, -0.2) is 60.7 Å². The van der Waals surface area contributed by atoms with Crippen LogP contribution in [0.4, 0.5) is 0 Å². The molecule has 0 bridgehead atoms. The van der Waals surface area contributed by atoms with E-state index in [2.05, 4.69) is 0 Å². The monoisotopic (exact) mass is 208 g/mol. The summed E-state index contributed by atoms with van der Waals surface area (Å²) >= 11 is 0. The molecule has 0 aromatic carbocycles. The van der Waals surface area contributed by atoms with Crippen molar-refractivity contribution in [3.63, 3.8) is 0 Å². The van der Waals surface area contributed by atoms with Gasteiger partial charge in [-0.2, -0.15) is 0 Å². The third kappa shape index (κ3) is 3.89. The highest BCUT2D eigenvalue weighted by atomic mass is 16.7. The van der Waals surface area contributed by atoms with E-state index in [0.717, 1.165) is 0 Å². The van der Waals surface area contributed by atoms with Gasteiger partial charge in [-0.1, -0.05) is 0 Å². The van der Waals surface area contributed by atoms with Crippen molar-refractivity contribution in [2.24, 2.45) is 0 Å². The fraction of sp³-hybridized carbons (Fsp3) is 1.00. The molecule has 5 nitrogen and oxygen atoms in total. The van der Waals surface area contributed by atoms with Gasteiger partial charge in [-0.05, 0) is 0 Å².